The summed E-state index contributed by atoms with van der Waals surface area (Å²) in [5, 5.41) is 3.78. The Balaban J connectivity index is 1.55. The van der Waals surface area contributed by atoms with Gasteiger partial charge in [0.15, 0.2) is 0 Å². The van der Waals surface area contributed by atoms with Crippen LogP contribution in [0.4, 0.5) is 5.95 Å². The van der Waals surface area contributed by atoms with Crippen molar-refractivity contribution in [2.75, 3.05) is 18.5 Å². The molecule has 0 fully saturated rings. The lowest BCUT2D eigenvalue weighted by Gasteiger charge is -2.09. The molecule has 0 spiro atoms. The average molecular weight is 407 g/mol. The molecule has 29 heavy (non-hydrogen) atoms. The van der Waals surface area contributed by atoms with Gasteiger partial charge < -0.3 is 9.30 Å². The highest BCUT2D eigenvalue weighted by atomic mass is 32.1. The van der Waals surface area contributed by atoms with Gasteiger partial charge in [0.25, 0.3) is 5.91 Å². The number of fused-ring (bicyclic) bond motifs is 1. The average Bonchev–Trinajstić information content (AvgIpc) is 3.37. The smallest absolute Gasteiger partial charge is 0.269 e. The first-order valence-corrected chi connectivity index (χ1v) is 10.4. The van der Waals surface area contributed by atoms with E-state index in [-0.39, 0.29) is 5.91 Å². The molecule has 2 aromatic heterocycles. The summed E-state index contributed by atoms with van der Waals surface area (Å²) < 4.78 is 7.48. The van der Waals surface area contributed by atoms with E-state index in [2.05, 4.69) is 15.3 Å². The van der Waals surface area contributed by atoms with Gasteiger partial charge >= 0.3 is 0 Å². The molecule has 0 atom stereocenters. The predicted molar refractivity (Wildman–Crippen MR) is 116 cm³/mol. The SMILES string of the molecule is CCOCCCn1c(NC(=O)c2cnc(-c3ccccc3)s2)nc2ccccc21. The number of para-hydroxylation sites is 2. The maximum atomic E-state index is 12.8. The first-order chi connectivity index (χ1) is 14.3. The van der Waals surface area contributed by atoms with Gasteiger partial charge in [-0.25, -0.2) is 9.97 Å². The maximum Gasteiger partial charge on any atom is 0.269 e. The first-order valence-electron chi connectivity index (χ1n) is 9.62. The fourth-order valence-corrected chi connectivity index (χ4v) is 3.94. The topological polar surface area (TPSA) is 69.0 Å². The van der Waals surface area contributed by atoms with E-state index in [1.54, 1.807) is 6.20 Å². The van der Waals surface area contributed by atoms with Crippen molar-refractivity contribution in [3.63, 3.8) is 0 Å². The van der Waals surface area contributed by atoms with Gasteiger partial charge in [0.2, 0.25) is 5.95 Å². The number of anilines is 1. The van der Waals surface area contributed by atoms with Crippen LogP contribution in [-0.4, -0.2) is 33.7 Å². The molecule has 0 aliphatic carbocycles. The molecule has 4 rings (SSSR count). The zero-order valence-corrected chi connectivity index (χ0v) is 17.0. The second-order valence-electron chi connectivity index (χ2n) is 6.48. The van der Waals surface area contributed by atoms with Crippen LogP contribution in [0.2, 0.25) is 0 Å². The van der Waals surface area contributed by atoms with E-state index in [1.807, 2.05) is 66.1 Å². The third kappa shape index (κ3) is 4.36. The summed E-state index contributed by atoms with van der Waals surface area (Å²) in [5.41, 5.74) is 2.85. The number of ether oxygens (including phenoxy) is 1. The van der Waals surface area contributed by atoms with Gasteiger partial charge in [-0.1, -0.05) is 42.5 Å². The van der Waals surface area contributed by atoms with Crippen molar-refractivity contribution in [3.05, 3.63) is 65.7 Å². The number of nitrogens with one attached hydrogen (secondary N) is 1. The number of aryl methyl sites for hydroxylation is 1. The standard InChI is InChI=1S/C22H22N4O2S/c1-2-28-14-8-13-26-18-12-7-6-11-17(18)24-22(26)25-20(27)19-15-23-21(29-19)16-9-4-3-5-10-16/h3-7,9-12,15H,2,8,13-14H2,1H3,(H,24,25,27). The number of nitrogens with zero attached hydrogens (tertiary/aromatic N) is 3. The summed E-state index contributed by atoms with van der Waals surface area (Å²) in [5.74, 6) is 0.341. The van der Waals surface area contributed by atoms with Crippen LogP contribution >= 0.6 is 11.3 Å². The van der Waals surface area contributed by atoms with Crippen molar-refractivity contribution in [1.82, 2.24) is 14.5 Å². The Morgan fingerprint density at radius 1 is 1.14 bits per heavy atom. The third-order valence-corrected chi connectivity index (χ3v) is 5.55. The molecule has 0 radical (unpaired) electrons. The van der Waals surface area contributed by atoms with E-state index in [9.17, 15) is 4.79 Å². The maximum absolute atomic E-state index is 12.8. The molecule has 1 N–H and O–H groups in total. The minimum absolute atomic E-state index is 0.203. The number of carbonyl (C=O) groups excluding carboxylic acids is 1. The summed E-state index contributed by atoms with van der Waals surface area (Å²) in [6.07, 6.45) is 2.46. The molecule has 4 aromatic rings. The van der Waals surface area contributed by atoms with Gasteiger partial charge in [0.1, 0.15) is 9.88 Å². The Hall–Kier alpha value is -3.03. The second kappa shape index (κ2) is 8.98. The third-order valence-electron chi connectivity index (χ3n) is 4.50. The fourth-order valence-electron chi connectivity index (χ4n) is 3.12. The number of imidazole rings is 1. The number of amides is 1. The van der Waals surface area contributed by atoms with Gasteiger partial charge in [-0.05, 0) is 25.5 Å². The zero-order valence-electron chi connectivity index (χ0n) is 16.2. The summed E-state index contributed by atoms with van der Waals surface area (Å²) in [6, 6.07) is 17.7. The largest absolute Gasteiger partial charge is 0.382 e. The van der Waals surface area contributed by atoms with Gasteiger partial charge in [-0.2, -0.15) is 0 Å². The van der Waals surface area contributed by atoms with Crippen LogP contribution in [-0.2, 0) is 11.3 Å². The molecule has 0 saturated carbocycles. The van der Waals surface area contributed by atoms with E-state index < -0.39 is 0 Å². The molecule has 0 aliphatic heterocycles. The van der Waals surface area contributed by atoms with Gasteiger partial charge in [0.05, 0.1) is 17.2 Å². The van der Waals surface area contributed by atoms with Crippen molar-refractivity contribution < 1.29 is 9.53 Å². The Labute approximate surface area is 173 Å². The molecular formula is C22H22N4O2S. The van der Waals surface area contributed by atoms with Crippen molar-refractivity contribution in [1.29, 1.82) is 0 Å². The predicted octanol–water partition coefficient (Wildman–Crippen LogP) is 4.84. The molecule has 6 nitrogen and oxygen atoms in total. The quantitative estimate of drug-likeness (QED) is 0.425. The summed E-state index contributed by atoms with van der Waals surface area (Å²) >= 11 is 1.37. The lowest BCUT2D eigenvalue weighted by atomic mass is 10.2. The molecule has 0 aliphatic rings. The van der Waals surface area contributed by atoms with E-state index in [0.29, 0.717) is 30.6 Å². The van der Waals surface area contributed by atoms with E-state index in [1.165, 1.54) is 11.3 Å². The Morgan fingerprint density at radius 2 is 1.93 bits per heavy atom. The second-order valence-corrected chi connectivity index (χ2v) is 7.51. The lowest BCUT2D eigenvalue weighted by molar-refractivity contribution is 0.102. The number of hydrogen-bond donors (Lipinski definition) is 1. The summed E-state index contributed by atoms with van der Waals surface area (Å²) in [4.78, 5) is 22.4. The number of hydrogen-bond acceptors (Lipinski definition) is 5. The minimum atomic E-state index is -0.203. The Kier molecular flexibility index (Phi) is 5.97. The highest BCUT2D eigenvalue weighted by Gasteiger charge is 2.16. The van der Waals surface area contributed by atoms with Crippen LogP contribution in [0.15, 0.2) is 60.8 Å². The van der Waals surface area contributed by atoms with Crippen LogP contribution in [0.1, 0.15) is 23.0 Å². The van der Waals surface area contributed by atoms with Crippen molar-refractivity contribution in [2.45, 2.75) is 19.9 Å². The number of aromatic nitrogens is 3. The van der Waals surface area contributed by atoms with Crippen molar-refractivity contribution in [3.8, 4) is 10.6 Å². The van der Waals surface area contributed by atoms with Crippen molar-refractivity contribution >= 4 is 34.2 Å². The summed E-state index contributed by atoms with van der Waals surface area (Å²) in [7, 11) is 0. The molecule has 7 heteroatoms. The summed E-state index contributed by atoms with van der Waals surface area (Å²) in [6.45, 7) is 4.07. The number of carbonyl (C=O) groups is 1. The van der Waals surface area contributed by atoms with E-state index >= 15 is 0 Å². The number of rotatable bonds is 8. The highest BCUT2D eigenvalue weighted by molar-refractivity contribution is 7.17. The van der Waals surface area contributed by atoms with Gasteiger partial charge in [-0.15, -0.1) is 11.3 Å². The fraction of sp³-hybridized carbons (Fsp3) is 0.227. The lowest BCUT2D eigenvalue weighted by Crippen LogP contribution is -2.15. The normalized spacial score (nSPS) is 11.1. The molecule has 2 heterocycles. The van der Waals surface area contributed by atoms with Crippen LogP contribution in [0.3, 0.4) is 0 Å². The van der Waals surface area contributed by atoms with Gasteiger partial charge in [0, 0.05) is 25.3 Å². The van der Waals surface area contributed by atoms with Crippen molar-refractivity contribution in [2.24, 2.45) is 0 Å². The van der Waals surface area contributed by atoms with Gasteiger partial charge in [-0.3, -0.25) is 10.1 Å². The highest BCUT2D eigenvalue weighted by Crippen LogP contribution is 2.26. The van der Waals surface area contributed by atoms with Crippen LogP contribution < -0.4 is 5.32 Å². The van der Waals surface area contributed by atoms with Crippen LogP contribution in [0.25, 0.3) is 21.6 Å². The molecule has 148 valence electrons. The Morgan fingerprint density at radius 3 is 2.76 bits per heavy atom. The number of thiazole rings is 1. The monoisotopic (exact) mass is 406 g/mol. The van der Waals surface area contributed by atoms with E-state index in [0.717, 1.165) is 28.0 Å². The van der Waals surface area contributed by atoms with Crippen LogP contribution in [0, 0.1) is 0 Å². The molecule has 0 saturated heterocycles. The zero-order chi connectivity index (χ0) is 20.1. The minimum Gasteiger partial charge on any atom is -0.382 e. The molecule has 2 aromatic carbocycles. The Bertz CT molecular complexity index is 1100. The first kappa shape index (κ1) is 19.3. The molecule has 0 unspecified atom stereocenters. The molecule has 0 bridgehead atoms. The number of benzene rings is 2. The molecule has 1 amide bonds. The van der Waals surface area contributed by atoms with E-state index in [4.69, 9.17) is 4.74 Å². The molecular weight excluding hydrogens is 384 g/mol. The van der Waals surface area contributed by atoms with Crippen LogP contribution in [0.5, 0.6) is 0 Å².